The van der Waals surface area contributed by atoms with Crippen molar-refractivity contribution >= 4 is 17.5 Å². The van der Waals surface area contributed by atoms with Crippen LogP contribution in [-0.2, 0) is 11.0 Å². The zero-order chi connectivity index (χ0) is 17.7. The lowest BCUT2D eigenvalue weighted by Gasteiger charge is -2.14. The fraction of sp³-hybridized carbons (Fsp3) is 0.188. The first-order valence-corrected chi connectivity index (χ1v) is 6.97. The van der Waals surface area contributed by atoms with Crippen LogP contribution < -0.4 is 10.6 Å². The minimum absolute atomic E-state index is 0.159. The summed E-state index contributed by atoms with van der Waals surface area (Å²) in [6.45, 7) is 1.46. The van der Waals surface area contributed by atoms with Gasteiger partial charge in [-0.25, -0.2) is 0 Å². The van der Waals surface area contributed by atoms with Crippen molar-refractivity contribution in [3.63, 3.8) is 0 Å². The second kappa shape index (κ2) is 7.12. The summed E-state index contributed by atoms with van der Waals surface area (Å²) >= 11 is 0. The number of anilines is 1. The third kappa shape index (κ3) is 4.55. The average molecular weight is 337 g/mol. The number of hydrogen-bond acceptors (Lipinski definition) is 3. The smallest absolute Gasteiger partial charge is 0.339 e. The quantitative estimate of drug-likeness (QED) is 0.901. The lowest BCUT2D eigenvalue weighted by atomic mass is 10.2. The Balaban J connectivity index is 1.95. The summed E-state index contributed by atoms with van der Waals surface area (Å²) in [7, 11) is 0. The van der Waals surface area contributed by atoms with E-state index >= 15 is 0 Å². The van der Waals surface area contributed by atoms with Crippen LogP contribution in [0.25, 0.3) is 0 Å². The molecule has 0 bridgehead atoms. The van der Waals surface area contributed by atoms with Gasteiger partial charge in [0.2, 0.25) is 5.91 Å². The lowest BCUT2D eigenvalue weighted by molar-refractivity contribution is -0.137. The van der Waals surface area contributed by atoms with Crippen LogP contribution in [0.4, 0.5) is 18.9 Å². The molecule has 0 spiro atoms. The van der Waals surface area contributed by atoms with Gasteiger partial charge in [-0.05, 0) is 43.3 Å². The number of nitrogens with zero attached hydrogens (tertiary/aromatic N) is 1. The molecule has 2 amide bonds. The second-order valence-electron chi connectivity index (χ2n) is 4.97. The molecule has 1 aromatic heterocycles. The van der Waals surface area contributed by atoms with Gasteiger partial charge in [-0.15, -0.1) is 0 Å². The maximum atomic E-state index is 12.5. The van der Waals surface area contributed by atoms with E-state index in [4.69, 9.17) is 0 Å². The van der Waals surface area contributed by atoms with Gasteiger partial charge in [-0.3, -0.25) is 14.6 Å². The first-order chi connectivity index (χ1) is 11.3. The van der Waals surface area contributed by atoms with Crippen LogP contribution in [0.5, 0.6) is 0 Å². The summed E-state index contributed by atoms with van der Waals surface area (Å²) in [5.74, 6) is -1.08. The summed E-state index contributed by atoms with van der Waals surface area (Å²) in [5.41, 5.74) is -0.449. The molecule has 0 saturated heterocycles. The van der Waals surface area contributed by atoms with Gasteiger partial charge in [0, 0.05) is 11.9 Å². The Labute approximate surface area is 135 Å². The van der Waals surface area contributed by atoms with E-state index in [-0.39, 0.29) is 11.4 Å². The predicted octanol–water partition coefficient (Wildman–Crippen LogP) is 2.86. The third-order valence-corrected chi connectivity index (χ3v) is 3.12. The summed E-state index contributed by atoms with van der Waals surface area (Å²) < 4.78 is 37.4. The number of carbonyl (C=O) groups excluding carboxylic acids is 2. The van der Waals surface area contributed by atoms with Crippen LogP contribution in [-0.4, -0.2) is 22.8 Å². The number of nitrogens with one attached hydrogen (secondary N) is 2. The number of benzene rings is 1. The molecule has 0 aliphatic rings. The van der Waals surface area contributed by atoms with Gasteiger partial charge in [-0.1, -0.05) is 6.07 Å². The Kier molecular flexibility index (Phi) is 5.18. The van der Waals surface area contributed by atoms with Crippen molar-refractivity contribution < 1.29 is 22.8 Å². The highest BCUT2D eigenvalue weighted by Gasteiger charge is 2.30. The van der Waals surface area contributed by atoms with E-state index in [1.165, 1.54) is 19.2 Å². The summed E-state index contributed by atoms with van der Waals surface area (Å²) in [4.78, 5) is 27.7. The van der Waals surface area contributed by atoms with Crippen molar-refractivity contribution in [1.82, 2.24) is 10.3 Å². The van der Waals surface area contributed by atoms with Crippen molar-refractivity contribution in [2.45, 2.75) is 19.1 Å². The van der Waals surface area contributed by atoms with Gasteiger partial charge in [-0.2, -0.15) is 13.2 Å². The molecule has 1 aromatic carbocycles. The van der Waals surface area contributed by atoms with E-state index in [1.807, 2.05) is 0 Å². The molecule has 0 aliphatic heterocycles. The lowest BCUT2D eigenvalue weighted by Crippen LogP contribution is -2.41. The predicted molar refractivity (Wildman–Crippen MR) is 81.2 cm³/mol. The zero-order valence-electron chi connectivity index (χ0n) is 12.6. The van der Waals surface area contributed by atoms with Crippen molar-refractivity contribution in [3.05, 3.63) is 59.9 Å². The normalized spacial score (nSPS) is 12.3. The minimum atomic E-state index is -4.44. The monoisotopic (exact) mass is 337 g/mol. The van der Waals surface area contributed by atoms with Crippen molar-refractivity contribution in [3.8, 4) is 0 Å². The highest BCUT2D eigenvalue weighted by Crippen LogP contribution is 2.29. The maximum absolute atomic E-state index is 12.5. The number of halogens is 3. The number of amides is 2. The van der Waals surface area contributed by atoms with Crippen molar-refractivity contribution in [1.29, 1.82) is 0 Å². The molecular weight excluding hydrogens is 323 g/mol. The van der Waals surface area contributed by atoms with Gasteiger partial charge in [0.25, 0.3) is 5.91 Å². The van der Waals surface area contributed by atoms with Crippen LogP contribution in [0.3, 0.4) is 0 Å². The average Bonchev–Trinajstić information content (AvgIpc) is 2.55. The Morgan fingerprint density at radius 1 is 1.08 bits per heavy atom. The maximum Gasteiger partial charge on any atom is 0.416 e. The first kappa shape index (κ1) is 17.5. The SMILES string of the molecule is C[C@@H](NC(=O)c1ccccn1)C(=O)Nc1ccc(C(F)(F)F)cc1. The summed E-state index contributed by atoms with van der Waals surface area (Å²) in [6.07, 6.45) is -2.99. The van der Waals surface area contributed by atoms with E-state index < -0.39 is 29.6 Å². The Bertz CT molecular complexity index is 716. The molecule has 1 atom stereocenters. The molecule has 0 unspecified atom stereocenters. The Morgan fingerprint density at radius 2 is 1.75 bits per heavy atom. The van der Waals surface area contributed by atoms with Crippen LogP contribution in [0, 0.1) is 0 Å². The first-order valence-electron chi connectivity index (χ1n) is 6.97. The number of rotatable bonds is 4. The van der Waals surface area contributed by atoms with Gasteiger partial charge in [0.05, 0.1) is 5.56 Å². The topological polar surface area (TPSA) is 71.1 Å². The molecule has 8 heteroatoms. The molecule has 5 nitrogen and oxygen atoms in total. The number of aromatic nitrogens is 1. The van der Waals surface area contributed by atoms with Crippen molar-refractivity contribution in [2.24, 2.45) is 0 Å². The molecule has 2 aromatic rings. The van der Waals surface area contributed by atoms with Crippen LogP contribution in [0.1, 0.15) is 23.0 Å². The molecule has 0 radical (unpaired) electrons. The Morgan fingerprint density at radius 3 is 2.29 bits per heavy atom. The van der Waals surface area contributed by atoms with E-state index in [0.29, 0.717) is 0 Å². The molecule has 24 heavy (non-hydrogen) atoms. The number of alkyl halides is 3. The molecule has 2 rings (SSSR count). The van der Waals surface area contributed by atoms with Gasteiger partial charge < -0.3 is 10.6 Å². The molecule has 0 saturated carbocycles. The largest absolute Gasteiger partial charge is 0.416 e. The molecule has 126 valence electrons. The number of hydrogen-bond donors (Lipinski definition) is 2. The van der Waals surface area contributed by atoms with E-state index in [9.17, 15) is 22.8 Å². The fourth-order valence-corrected chi connectivity index (χ4v) is 1.83. The molecule has 0 fully saturated rings. The molecular formula is C16H14F3N3O2. The minimum Gasteiger partial charge on any atom is -0.339 e. The summed E-state index contributed by atoms with van der Waals surface area (Å²) in [5, 5.41) is 4.89. The highest BCUT2D eigenvalue weighted by atomic mass is 19.4. The van der Waals surface area contributed by atoms with Crippen LogP contribution in [0.15, 0.2) is 48.7 Å². The molecule has 0 aliphatic carbocycles. The Hall–Kier alpha value is -2.90. The standard InChI is InChI=1S/C16H14F3N3O2/c1-10(21-15(24)13-4-2-3-9-20-13)14(23)22-12-7-5-11(6-8-12)16(17,18)19/h2-10H,1H3,(H,21,24)(H,22,23)/t10-/m1/s1. The van der Waals surface area contributed by atoms with E-state index in [0.717, 1.165) is 24.3 Å². The van der Waals surface area contributed by atoms with E-state index in [1.54, 1.807) is 12.1 Å². The molecule has 2 N–H and O–H groups in total. The second-order valence-corrected chi connectivity index (χ2v) is 4.97. The van der Waals surface area contributed by atoms with Crippen LogP contribution in [0.2, 0.25) is 0 Å². The fourth-order valence-electron chi connectivity index (χ4n) is 1.83. The summed E-state index contributed by atoms with van der Waals surface area (Å²) in [6, 6.07) is 7.92. The number of carbonyl (C=O) groups is 2. The number of pyridine rings is 1. The third-order valence-electron chi connectivity index (χ3n) is 3.12. The van der Waals surface area contributed by atoms with Gasteiger partial charge in [0.15, 0.2) is 0 Å². The van der Waals surface area contributed by atoms with E-state index in [2.05, 4.69) is 15.6 Å². The van der Waals surface area contributed by atoms with Crippen LogP contribution >= 0.6 is 0 Å². The van der Waals surface area contributed by atoms with Gasteiger partial charge >= 0.3 is 6.18 Å². The highest BCUT2D eigenvalue weighted by molar-refractivity contribution is 6.00. The molecule has 1 heterocycles. The van der Waals surface area contributed by atoms with Gasteiger partial charge in [0.1, 0.15) is 11.7 Å². The zero-order valence-corrected chi connectivity index (χ0v) is 12.6. The van der Waals surface area contributed by atoms with Crippen molar-refractivity contribution in [2.75, 3.05) is 5.32 Å².